The summed E-state index contributed by atoms with van der Waals surface area (Å²) in [6.45, 7) is 1.35. The minimum absolute atomic E-state index is 0.0354. The van der Waals surface area contributed by atoms with E-state index < -0.39 is 5.97 Å². The summed E-state index contributed by atoms with van der Waals surface area (Å²) >= 11 is 5.92. The van der Waals surface area contributed by atoms with E-state index in [2.05, 4.69) is 10.3 Å². The molecule has 0 aliphatic rings. The number of benzene rings is 1. The van der Waals surface area contributed by atoms with Crippen LogP contribution in [0.4, 0.5) is 5.69 Å². The van der Waals surface area contributed by atoms with E-state index in [1.165, 1.54) is 13.1 Å². The highest BCUT2D eigenvalue weighted by Gasteiger charge is 2.11. The van der Waals surface area contributed by atoms with Crippen molar-refractivity contribution in [1.29, 1.82) is 0 Å². The molecular formula is C15H13ClN2O3. The average molecular weight is 305 g/mol. The number of esters is 1. The van der Waals surface area contributed by atoms with Crippen molar-refractivity contribution in [1.82, 2.24) is 4.98 Å². The SMILES string of the molecule is CC(=O)OCc1cc(Cl)ccc1NC(=O)c1ccccn1. The number of aromatic nitrogens is 1. The summed E-state index contributed by atoms with van der Waals surface area (Å²) in [4.78, 5) is 27.0. The zero-order valence-electron chi connectivity index (χ0n) is 11.3. The van der Waals surface area contributed by atoms with Crippen LogP contribution in [-0.2, 0) is 16.1 Å². The van der Waals surface area contributed by atoms with Crippen LogP contribution in [0.1, 0.15) is 23.0 Å². The normalized spacial score (nSPS) is 10.0. The summed E-state index contributed by atoms with van der Waals surface area (Å²) in [6.07, 6.45) is 1.54. The number of carbonyl (C=O) groups excluding carboxylic acids is 2. The van der Waals surface area contributed by atoms with E-state index in [0.29, 0.717) is 22.0 Å². The maximum atomic E-state index is 12.1. The average Bonchev–Trinajstić information content (AvgIpc) is 2.48. The predicted molar refractivity (Wildman–Crippen MR) is 79.1 cm³/mol. The Kier molecular flexibility index (Phi) is 4.90. The third-order valence-electron chi connectivity index (χ3n) is 2.64. The van der Waals surface area contributed by atoms with E-state index in [1.807, 2.05) is 0 Å². The summed E-state index contributed by atoms with van der Waals surface area (Å²) in [5.41, 5.74) is 1.43. The molecule has 1 N–H and O–H groups in total. The molecule has 21 heavy (non-hydrogen) atoms. The number of pyridine rings is 1. The van der Waals surface area contributed by atoms with Gasteiger partial charge in [0.1, 0.15) is 12.3 Å². The first-order valence-electron chi connectivity index (χ1n) is 6.20. The van der Waals surface area contributed by atoms with Gasteiger partial charge in [0.2, 0.25) is 0 Å². The van der Waals surface area contributed by atoms with Crippen molar-refractivity contribution in [3.8, 4) is 0 Å². The minimum Gasteiger partial charge on any atom is -0.461 e. The molecule has 0 bridgehead atoms. The molecule has 0 radical (unpaired) electrons. The first-order chi connectivity index (χ1) is 10.1. The molecule has 6 heteroatoms. The molecule has 0 unspecified atom stereocenters. The van der Waals surface area contributed by atoms with Crippen LogP contribution in [0.25, 0.3) is 0 Å². The van der Waals surface area contributed by atoms with Crippen molar-refractivity contribution in [2.75, 3.05) is 5.32 Å². The third-order valence-corrected chi connectivity index (χ3v) is 2.88. The zero-order valence-corrected chi connectivity index (χ0v) is 12.1. The molecule has 1 aromatic heterocycles. The molecular weight excluding hydrogens is 292 g/mol. The van der Waals surface area contributed by atoms with Crippen LogP contribution in [-0.4, -0.2) is 16.9 Å². The molecule has 2 aromatic rings. The van der Waals surface area contributed by atoms with Crippen molar-refractivity contribution in [3.05, 3.63) is 58.9 Å². The lowest BCUT2D eigenvalue weighted by Crippen LogP contribution is -2.15. The van der Waals surface area contributed by atoms with Gasteiger partial charge in [-0.25, -0.2) is 0 Å². The maximum Gasteiger partial charge on any atom is 0.302 e. The molecule has 1 aromatic carbocycles. The summed E-state index contributed by atoms with van der Waals surface area (Å²) in [5.74, 6) is -0.751. The largest absolute Gasteiger partial charge is 0.461 e. The van der Waals surface area contributed by atoms with E-state index in [1.54, 1.807) is 36.4 Å². The number of carbonyl (C=O) groups is 2. The van der Waals surface area contributed by atoms with Crippen LogP contribution < -0.4 is 5.32 Å². The smallest absolute Gasteiger partial charge is 0.302 e. The van der Waals surface area contributed by atoms with Gasteiger partial charge in [-0.15, -0.1) is 0 Å². The summed E-state index contributed by atoms with van der Waals surface area (Å²) in [7, 11) is 0. The van der Waals surface area contributed by atoms with Crippen molar-refractivity contribution in [3.63, 3.8) is 0 Å². The summed E-state index contributed by atoms with van der Waals surface area (Å²) in [5, 5.41) is 3.22. The first-order valence-corrected chi connectivity index (χ1v) is 6.58. The molecule has 0 spiro atoms. The number of halogens is 1. The third kappa shape index (κ3) is 4.29. The molecule has 1 amide bonds. The van der Waals surface area contributed by atoms with E-state index >= 15 is 0 Å². The molecule has 0 fully saturated rings. The van der Waals surface area contributed by atoms with Crippen LogP contribution in [0.5, 0.6) is 0 Å². The monoisotopic (exact) mass is 304 g/mol. The Labute approximate surface area is 126 Å². The summed E-state index contributed by atoms with van der Waals surface area (Å²) in [6, 6.07) is 10.00. The van der Waals surface area contributed by atoms with Gasteiger partial charge in [-0.2, -0.15) is 0 Å². The molecule has 0 atom stereocenters. The van der Waals surface area contributed by atoms with Crippen molar-refractivity contribution < 1.29 is 14.3 Å². The second kappa shape index (κ2) is 6.85. The highest BCUT2D eigenvalue weighted by atomic mass is 35.5. The number of nitrogens with one attached hydrogen (secondary N) is 1. The minimum atomic E-state index is -0.406. The lowest BCUT2D eigenvalue weighted by Gasteiger charge is -2.11. The molecule has 2 rings (SSSR count). The fourth-order valence-corrected chi connectivity index (χ4v) is 1.86. The number of ether oxygens (including phenoxy) is 1. The fourth-order valence-electron chi connectivity index (χ4n) is 1.67. The standard InChI is InChI=1S/C15H13ClN2O3/c1-10(19)21-9-11-8-12(16)5-6-13(11)18-15(20)14-4-2-3-7-17-14/h2-8H,9H2,1H3,(H,18,20). The Morgan fingerprint density at radius 2 is 2.10 bits per heavy atom. The Morgan fingerprint density at radius 3 is 2.76 bits per heavy atom. The van der Waals surface area contributed by atoms with E-state index in [-0.39, 0.29) is 12.5 Å². The van der Waals surface area contributed by atoms with Crippen LogP contribution in [0.15, 0.2) is 42.6 Å². The topological polar surface area (TPSA) is 68.3 Å². The molecule has 5 nitrogen and oxygen atoms in total. The number of rotatable bonds is 4. The Morgan fingerprint density at radius 1 is 1.29 bits per heavy atom. The predicted octanol–water partition coefficient (Wildman–Crippen LogP) is 3.05. The van der Waals surface area contributed by atoms with Crippen LogP contribution in [0.3, 0.4) is 0 Å². The van der Waals surface area contributed by atoms with Crippen molar-refractivity contribution in [2.24, 2.45) is 0 Å². The van der Waals surface area contributed by atoms with Crippen LogP contribution in [0.2, 0.25) is 5.02 Å². The van der Waals surface area contributed by atoms with Crippen molar-refractivity contribution >= 4 is 29.2 Å². The second-order valence-electron chi connectivity index (χ2n) is 4.25. The van der Waals surface area contributed by atoms with E-state index in [9.17, 15) is 9.59 Å². The fraction of sp³-hybridized carbons (Fsp3) is 0.133. The van der Waals surface area contributed by atoms with Crippen LogP contribution >= 0.6 is 11.6 Å². The number of nitrogens with zero attached hydrogens (tertiary/aromatic N) is 1. The van der Waals surface area contributed by atoms with Crippen LogP contribution in [0, 0.1) is 0 Å². The Balaban J connectivity index is 2.19. The number of hydrogen-bond donors (Lipinski definition) is 1. The molecule has 108 valence electrons. The Hall–Kier alpha value is -2.40. The Bertz CT molecular complexity index is 659. The van der Waals surface area contributed by atoms with Gasteiger partial charge in [0.25, 0.3) is 5.91 Å². The maximum absolute atomic E-state index is 12.1. The van der Waals surface area contributed by atoms with Gasteiger partial charge in [-0.05, 0) is 30.3 Å². The lowest BCUT2D eigenvalue weighted by atomic mass is 10.2. The van der Waals surface area contributed by atoms with E-state index in [0.717, 1.165) is 0 Å². The number of anilines is 1. The van der Waals surface area contributed by atoms with Gasteiger partial charge in [0.15, 0.2) is 0 Å². The van der Waals surface area contributed by atoms with Gasteiger partial charge in [-0.3, -0.25) is 14.6 Å². The number of hydrogen-bond acceptors (Lipinski definition) is 4. The van der Waals surface area contributed by atoms with Gasteiger partial charge in [0, 0.05) is 29.4 Å². The van der Waals surface area contributed by atoms with Gasteiger partial charge >= 0.3 is 5.97 Å². The lowest BCUT2D eigenvalue weighted by molar-refractivity contribution is -0.142. The molecule has 0 aliphatic carbocycles. The quantitative estimate of drug-likeness (QED) is 0.882. The molecule has 1 heterocycles. The van der Waals surface area contributed by atoms with E-state index in [4.69, 9.17) is 16.3 Å². The van der Waals surface area contributed by atoms with Gasteiger partial charge in [0.05, 0.1) is 0 Å². The van der Waals surface area contributed by atoms with Crippen molar-refractivity contribution in [2.45, 2.75) is 13.5 Å². The number of amides is 1. The van der Waals surface area contributed by atoms with Gasteiger partial charge < -0.3 is 10.1 Å². The highest BCUT2D eigenvalue weighted by Crippen LogP contribution is 2.22. The molecule has 0 aliphatic heterocycles. The van der Waals surface area contributed by atoms with Gasteiger partial charge in [-0.1, -0.05) is 17.7 Å². The molecule has 0 saturated heterocycles. The first kappa shape index (κ1) is 15.0. The summed E-state index contributed by atoms with van der Waals surface area (Å²) < 4.78 is 4.95. The second-order valence-corrected chi connectivity index (χ2v) is 4.69. The highest BCUT2D eigenvalue weighted by molar-refractivity contribution is 6.30. The zero-order chi connectivity index (χ0) is 15.2. The molecule has 0 saturated carbocycles.